The van der Waals surface area contributed by atoms with Gasteiger partial charge in [-0.3, -0.25) is 0 Å². The van der Waals surface area contributed by atoms with E-state index in [1.54, 1.807) is 18.2 Å². The molecule has 1 aromatic carbocycles. The molecule has 0 saturated heterocycles. The van der Waals surface area contributed by atoms with Crippen molar-refractivity contribution < 1.29 is 8.42 Å². The maximum absolute atomic E-state index is 12.1. The third-order valence-electron chi connectivity index (χ3n) is 2.95. The second-order valence-corrected chi connectivity index (χ2v) is 7.06. The molecule has 0 saturated carbocycles. The van der Waals surface area contributed by atoms with E-state index in [4.69, 9.17) is 28.9 Å². The Labute approximate surface area is 133 Å². The standard InChI is InChI=1S/C13H15Cl2N3O2S/c14-10-2-1-9(13(15)5-10)3-4-18-21(19,20)12-6-11(7-16)17-8-12/h1-2,5-6,8,17-18H,3-4,7,16H2. The van der Waals surface area contributed by atoms with E-state index in [9.17, 15) is 8.42 Å². The largest absolute Gasteiger partial charge is 0.363 e. The van der Waals surface area contributed by atoms with Crippen LogP contribution in [0.15, 0.2) is 35.4 Å². The van der Waals surface area contributed by atoms with Crippen LogP contribution in [-0.4, -0.2) is 19.9 Å². The molecule has 0 fully saturated rings. The first-order valence-electron chi connectivity index (χ1n) is 6.23. The molecule has 0 radical (unpaired) electrons. The topological polar surface area (TPSA) is 88.0 Å². The zero-order chi connectivity index (χ0) is 15.5. The van der Waals surface area contributed by atoms with E-state index in [-0.39, 0.29) is 18.0 Å². The summed E-state index contributed by atoms with van der Waals surface area (Å²) in [7, 11) is -3.55. The van der Waals surface area contributed by atoms with Gasteiger partial charge < -0.3 is 10.7 Å². The smallest absolute Gasteiger partial charge is 0.242 e. The molecule has 8 heteroatoms. The van der Waals surface area contributed by atoms with Crippen LogP contribution in [-0.2, 0) is 23.0 Å². The maximum atomic E-state index is 12.1. The number of H-pyrrole nitrogens is 1. The van der Waals surface area contributed by atoms with Crippen LogP contribution in [0.5, 0.6) is 0 Å². The third-order valence-corrected chi connectivity index (χ3v) is 4.98. The van der Waals surface area contributed by atoms with E-state index in [1.807, 2.05) is 0 Å². The average Bonchev–Trinajstić information content (AvgIpc) is 2.91. The molecule has 114 valence electrons. The van der Waals surface area contributed by atoms with Crippen molar-refractivity contribution in [3.05, 3.63) is 51.8 Å². The molecule has 0 amide bonds. The Balaban J connectivity index is 1.99. The van der Waals surface area contributed by atoms with Crippen LogP contribution >= 0.6 is 23.2 Å². The molecule has 0 unspecified atom stereocenters. The molecular formula is C13H15Cl2N3O2S. The number of benzene rings is 1. The molecule has 1 aromatic heterocycles. The predicted octanol–water partition coefficient (Wildman–Crippen LogP) is 2.30. The zero-order valence-electron chi connectivity index (χ0n) is 11.1. The minimum absolute atomic E-state index is 0.171. The molecule has 0 spiro atoms. The lowest BCUT2D eigenvalue weighted by Gasteiger charge is -2.07. The van der Waals surface area contributed by atoms with Crippen LogP contribution in [0.25, 0.3) is 0 Å². The Morgan fingerprint density at radius 3 is 2.62 bits per heavy atom. The highest BCUT2D eigenvalue weighted by Crippen LogP contribution is 2.21. The summed E-state index contributed by atoms with van der Waals surface area (Å²) in [6, 6.07) is 6.64. The van der Waals surface area contributed by atoms with Gasteiger partial charge in [0.2, 0.25) is 10.0 Å². The molecule has 1 heterocycles. The quantitative estimate of drug-likeness (QED) is 0.748. The van der Waals surface area contributed by atoms with E-state index >= 15 is 0 Å². The summed E-state index contributed by atoms with van der Waals surface area (Å²) in [6.45, 7) is 0.503. The van der Waals surface area contributed by atoms with Gasteiger partial charge in [0.25, 0.3) is 0 Å². The highest BCUT2D eigenvalue weighted by molar-refractivity contribution is 7.89. The Morgan fingerprint density at radius 1 is 1.24 bits per heavy atom. The number of sulfonamides is 1. The predicted molar refractivity (Wildman–Crippen MR) is 84.0 cm³/mol. The van der Waals surface area contributed by atoms with E-state index < -0.39 is 10.0 Å². The summed E-state index contributed by atoms with van der Waals surface area (Å²) < 4.78 is 26.7. The van der Waals surface area contributed by atoms with Crippen molar-refractivity contribution in [1.82, 2.24) is 9.71 Å². The number of hydrogen-bond donors (Lipinski definition) is 3. The summed E-state index contributed by atoms with van der Waals surface area (Å²) in [5.74, 6) is 0. The molecule has 5 nitrogen and oxygen atoms in total. The second kappa shape index (κ2) is 6.81. The number of halogens is 2. The molecule has 0 atom stereocenters. The Kier molecular flexibility index (Phi) is 5.29. The summed E-state index contributed by atoms with van der Waals surface area (Å²) in [4.78, 5) is 2.98. The van der Waals surface area contributed by atoms with Crippen molar-refractivity contribution in [3.8, 4) is 0 Å². The normalized spacial score (nSPS) is 11.8. The number of rotatable bonds is 6. The van der Waals surface area contributed by atoms with Gasteiger partial charge in [0.1, 0.15) is 0 Å². The van der Waals surface area contributed by atoms with Crippen LogP contribution in [0.2, 0.25) is 10.0 Å². The highest BCUT2D eigenvalue weighted by Gasteiger charge is 2.15. The fourth-order valence-electron chi connectivity index (χ4n) is 1.82. The third kappa shape index (κ3) is 4.21. The molecule has 0 aliphatic rings. The van der Waals surface area contributed by atoms with Crippen LogP contribution in [0, 0.1) is 0 Å². The molecule has 0 aliphatic heterocycles. The van der Waals surface area contributed by atoms with Crippen molar-refractivity contribution in [3.63, 3.8) is 0 Å². The van der Waals surface area contributed by atoms with Crippen LogP contribution < -0.4 is 10.5 Å². The van der Waals surface area contributed by atoms with E-state index in [0.717, 1.165) is 5.56 Å². The molecule has 0 bridgehead atoms. The van der Waals surface area contributed by atoms with Gasteiger partial charge in [-0.25, -0.2) is 13.1 Å². The molecule has 21 heavy (non-hydrogen) atoms. The van der Waals surface area contributed by atoms with Gasteiger partial charge in [-0.15, -0.1) is 0 Å². The maximum Gasteiger partial charge on any atom is 0.242 e. The van der Waals surface area contributed by atoms with Crippen LogP contribution in [0.1, 0.15) is 11.3 Å². The lowest BCUT2D eigenvalue weighted by molar-refractivity contribution is 0.582. The Morgan fingerprint density at radius 2 is 2.00 bits per heavy atom. The number of aromatic amines is 1. The SMILES string of the molecule is NCc1cc(S(=O)(=O)NCCc2ccc(Cl)cc2Cl)c[nH]1. The van der Waals surface area contributed by atoms with Crippen LogP contribution in [0.4, 0.5) is 0 Å². The van der Waals surface area contributed by atoms with Gasteiger partial charge in [0.05, 0.1) is 4.90 Å². The van der Waals surface area contributed by atoms with Crippen LogP contribution in [0.3, 0.4) is 0 Å². The van der Waals surface area contributed by atoms with Gasteiger partial charge in [0, 0.05) is 35.0 Å². The summed E-state index contributed by atoms with van der Waals surface area (Å²) in [6.07, 6.45) is 1.89. The van der Waals surface area contributed by atoms with Crippen molar-refractivity contribution in [2.75, 3.05) is 6.54 Å². The summed E-state index contributed by atoms with van der Waals surface area (Å²) in [5, 5.41) is 1.07. The average molecular weight is 348 g/mol. The Hall–Kier alpha value is -1.05. The van der Waals surface area contributed by atoms with Crippen molar-refractivity contribution in [1.29, 1.82) is 0 Å². The molecule has 2 rings (SSSR count). The van der Waals surface area contributed by atoms with E-state index in [0.29, 0.717) is 22.2 Å². The minimum Gasteiger partial charge on any atom is -0.363 e. The number of aromatic nitrogens is 1. The highest BCUT2D eigenvalue weighted by atomic mass is 35.5. The summed E-state index contributed by atoms with van der Waals surface area (Å²) in [5.41, 5.74) is 6.94. The fourth-order valence-corrected chi connectivity index (χ4v) is 3.37. The van der Waals surface area contributed by atoms with Crippen molar-refractivity contribution in [2.24, 2.45) is 5.73 Å². The van der Waals surface area contributed by atoms with Crippen molar-refractivity contribution in [2.45, 2.75) is 17.9 Å². The number of hydrogen-bond acceptors (Lipinski definition) is 3. The Bertz CT molecular complexity index is 729. The van der Waals surface area contributed by atoms with E-state index in [1.165, 1.54) is 12.3 Å². The molecule has 0 aliphatic carbocycles. The number of nitrogens with one attached hydrogen (secondary N) is 2. The number of nitrogens with two attached hydrogens (primary N) is 1. The van der Waals surface area contributed by atoms with Gasteiger partial charge in [-0.1, -0.05) is 29.3 Å². The lowest BCUT2D eigenvalue weighted by atomic mass is 10.1. The lowest BCUT2D eigenvalue weighted by Crippen LogP contribution is -2.25. The molecule has 4 N–H and O–H groups in total. The second-order valence-electron chi connectivity index (χ2n) is 4.45. The zero-order valence-corrected chi connectivity index (χ0v) is 13.4. The van der Waals surface area contributed by atoms with Gasteiger partial charge >= 0.3 is 0 Å². The van der Waals surface area contributed by atoms with Gasteiger partial charge in [-0.05, 0) is 30.2 Å². The molecule has 2 aromatic rings. The first-order chi connectivity index (χ1) is 9.92. The first-order valence-corrected chi connectivity index (χ1v) is 8.47. The van der Waals surface area contributed by atoms with E-state index in [2.05, 4.69) is 9.71 Å². The monoisotopic (exact) mass is 347 g/mol. The molecular weight excluding hydrogens is 333 g/mol. The van der Waals surface area contributed by atoms with Gasteiger partial charge in [-0.2, -0.15) is 0 Å². The minimum atomic E-state index is -3.55. The van der Waals surface area contributed by atoms with Gasteiger partial charge in [0.15, 0.2) is 0 Å². The first kappa shape index (κ1) is 16.3. The van der Waals surface area contributed by atoms with Crippen molar-refractivity contribution >= 4 is 33.2 Å². The summed E-state index contributed by atoms with van der Waals surface area (Å²) >= 11 is 11.8. The fraction of sp³-hybridized carbons (Fsp3) is 0.231.